The van der Waals surface area contributed by atoms with Crippen molar-refractivity contribution in [3.05, 3.63) is 88.0 Å². The van der Waals surface area contributed by atoms with Crippen LogP contribution in [0.2, 0.25) is 0 Å². The van der Waals surface area contributed by atoms with Crippen LogP contribution in [-0.4, -0.2) is 17.0 Å². The second kappa shape index (κ2) is 26.4. The van der Waals surface area contributed by atoms with Crippen LogP contribution in [0.1, 0.15) is 196 Å². The maximum absolute atomic E-state index is 13.9. The van der Waals surface area contributed by atoms with Gasteiger partial charge in [-0.05, 0) is 109 Å². The fraction of sp³-hybridized carbons (Fsp3) is 0.615. The zero-order chi connectivity index (χ0) is 41.5. The van der Waals surface area contributed by atoms with Crippen LogP contribution in [0.4, 0.5) is 0 Å². The number of aromatic hydroxyl groups is 1. The summed E-state index contributed by atoms with van der Waals surface area (Å²) in [4.78, 5) is 27.8. The highest BCUT2D eigenvalue weighted by molar-refractivity contribution is 5.97. The third-order valence-electron chi connectivity index (χ3n) is 11.7. The van der Waals surface area contributed by atoms with Gasteiger partial charge in [0.05, 0.1) is 0 Å². The zero-order valence-electron chi connectivity index (χ0n) is 37.1. The molecule has 3 aromatic carbocycles. The largest absolute Gasteiger partial charge is 0.507 e. The topological polar surface area (TPSA) is 72.8 Å². The van der Waals surface area contributed by atoms with Crippen molar-refractivity contribution in [2.45, 2.75) is 202 Å². The van der Waals surface area contributed by atoms with Crippen molar-refractivity contribution in [1.29, 1.82) is 0 Å². The number of rotatable bonds is 28. The Kier molecular flexibility index (Phi) is 22.1. The number of aryl methyl sites for hydroxylation is 2. The number of hydrogen-bond acceptors (Lipinski definition) is 5. The number of unbranched alkanes of at least 4 members (excludes halogenated alkanes) is 18. The highest BCUT2D eigenvalue weighted by Crippen LogP contribution is 2.37. The van der Waals surface area contributed by atoms with Gasteiger partial charge in [0, 0.05) is 0 Å². The summed E-state index contributed by atoms with van der Waals surface area (Å²) < 4.78 is 11.8. The molecule has 0 fully saturated rings. The lowest BCUT2D eigenvalue weighted by Crippen LogP contribution is -2.33. The maximum atomic E-state index is 13.9. The Morgan fingerprint density at radius 1 is 0.544 bits per heavy atom. The van der Waals surface area contributed by atoms with Crippen molar-refractivity contribution in [2.75, 3.05) is 0 Å². The first-order chi connectivity index (χ1) is 27.4. The Balaban J connectivity index is 1.61. The molecule has 0 aromatic heterocycles. The molecule has 0 saturated carbocycles. The van der Waals surface area contributed by atoms with Gasteiger partial charge >= 0.3 is 11.9 Å². The van der Waals surface area contributed by atoms with Crippen LogP contribution in [0.3, 0.4) is 0 Å². The molecule has 3 aromatic rings. The molecule has 0 atom stereocenters. The first-order valence-electron chi connectivity index (χ1n) is 22.9. The van der Waals surface area contributed by atoms with E-state index < -0.39 is 17.9 Å². The Morgan fingerprint density at radius 2 is 0.895 bits per heavy atom. The average molecular weight is 783 g/mol. The van der Waals surface area contributed by atoms with E-state index in [2.05, 4.69) is 13.8 Å². The summed E-state index contributed by atoms with van der Waals surface area (Å²) in [6.07, 6.45) is 28.2. The number of carbonyl (C=O) groups excluding carboxylic acids is 2. The normalized spacial score (nSPS) is 11.6. The van der Waals surface area contributed by atoms with Crippen LogP contribution in [0.5, 0.6) is 17.2 Å². The number of phenols is 1. The first kappa shape index (κ1) is 47.8. The number of ether oxygens (including phenoxy) is 2. The lowest BCUT2D eigenvalue weighted by atomic mass is 9.81. The van der Waals surface area contributed by atoms with E-state index in [9.17, 15) is 14.7 Å². The maximum Gasteiger partial charge on any atom is 0.326 e. The standard InChI is InChI=1S/C52H78O5/c1-8-10-12-14-16-18-20-22-24-26-28-42-30-34-45(35-31-42)56-50(54)47(38-44-39-48(52(5,6)7)49(53)41(4)40(44)3)51(55)57-46-36-32-43(33-37-46)29-27-25-23-21-19-17-15-13-11-9-2/h30-37,39,47,53H,8-29,38H2,1-7H3. The van der Waals surface area contributed by atoms with Crippen LogP contribution >= 0.6 is 0 Å². The minimum absolute atomic E-state index is 0.0986. The molecular weight excluding hydrogens is 705 g/mol. The van der Waals surface area contributed by atoms with Crippen LogP contribution in [0.25, 0.3) is 0 Å². The SMILES string of the molecule is CCCCCCCCCCCCc1ccc(OC(=O)C(Cc2cc(C(C)(C)C)c(O)c(C)c2C)C(=O)Oc2ccc(CCCCCCCCCCCC)cc2)cc1. The van der Waals surface area contributed by atoms with Gasteiger partial charge < -0.3 is 14.6 Å². The van der Waals surface area contributed by atoms with Gasteiger partial charge in [-0.2, -0.15) is 0 Å². The molecule has 0 amide bonds. The van der Waals surface area contributed by atoms with Gasteiger partial charge in [-0.1, -0.05) is 181 Å². The molecule has 0 bridgehead atoms. The molecule has 0 aliphatic heterocycles. The second-order valence-corrected chi connectivity index (χ2v) is 17.7. The fourth-order valence-corrected chi connectivity index (χ4v) is 7.69. The number of phenolic OH excluding ortho intramolecular Hbond substituents is 1. The average Bonchev–Trinajstić information content (AvgIpc) is 3.18. The van der Waals surface area contributed by atoms with Crippen LogP contribution in [-0.2, 0) is 34.3 Å². The van der Waals surface area contributed by atoms with Gasteiger partial charge in [0.1, 0.15) is 17.2 Å². The van der Waals surface area contributed by atoms with Crippen molar-refractivity contribution < 1.29 is 24.2 Å². The zero-order valence-corrected chi connectivity index (χ0v) is 37.1. The fourth-order valence-electron chi connectivity index (χ4n) is 7.69. The van der Waals surface area contributed by atoms with Crippen molar-refractivity contribution in [2.24, 2.45) is 5.92 Å². The molecule has 0 radical (unpaired) electrons. The van der Waals surface area contributed by atoms with Crippen molar-refractivity contribution in [3.8, 4) is 17.2 Å². The predicted molar refractivity (Wildman–Crippen MR) is 239 cm³/mol. The molecule has 3 rings (SSSR count). The monoisotopic (exact) mass is 783 g/mol. The summed E-state index contributed by atoms with van der Waals surface area (Å²) in [6, 6.07) is 17.3. The van der Waals surface area contributed by atoms with Crippen LogP contribution in [0.15, 0.2) is 54.6 Å². The van der Waals surface area contributed by atoms with Gasteiger partial charge in [0.15, 0.2) is 5.92 Å². The Hall–Kier alpha value is -3.60. The summed E-state index contributed by atoms with van der Waals surface area (Å²) in [5.74, 6) is -1.42. The molecule has 0 spiro atoms. The summed E-state index contributed by atoms with van der Waals surface area (Å²) in [5.41, 5.74) is 5.27. The minimum atomic E-state index is -1.20. The van der Waals surface area contributed by atoms with Crippen LogP contribution < -0.4 is 9.47 Å². The Labute approximate surface area is 347 Å². The van der Waals surface area contributed by atoms with E-state index in [1.165, 1.54) is 127 Å². The van der Waals surface area contributed by atoms with Crippen molar-refractivity contribution in [1.82, 2.24) is 0 Å². The second-order valence-electron chi connectivity index (χ2n) is 17.7. The molecule has 0 aliphatic carbocycles. The van der Waals surface area contributed by atoms with E-state index in [1.54, 1.807) is 0 Å². The number of benzene rings is 3. The van der Waals surface area contributed by atoms with E-state index in [0.717, 1.165) is 47.9 Å². The highest BCUT2D eigenvalue weighted by Gasteiger charge is 2.33. The minimum Gasteiger partial charge on any atom is -0.507 e. The van der Waals surface area contributed by atoms with E-state index >= 15 is 0 Å². The lowest BCUT2D eigenvalue weighted by molar-refractivity contribution is -0.151. The molecule has 0 heterocycles. The van der Waals surface area contributed by atoms with E-state index in [0.29, 0.717) is 11.5 Å². The predicted octanol–water partition coefficient (Wildman–Crippen LogP) is 14.6. The van der Waals surface area contributed by atoms with Gasteiger partial charge in [-0.25, -0.2) is 0 Å². The van der Waals surface area contributed by atoms with Crippen molar-refractivity contribution in [3.63, 3.8) is 0 Å². The molecule has 316 valence electrons. The van der Waals surface area contributed by atoms with Gasteiger partial charge in [0.25, 0.3) is 0 Å². The smallest absolute Gasteiger partial charge is 0.326 e. The van der Waals surface area contributed by atoms with Crippen LogP contribution in [0, 0.1) is 19.8 Å². The Bertz CT molecular complexity index is 1500. The summed E-state index contributed by atoms with van der Waals surface area (Å²) >= 11 is 0. The number of hydrogen-bond donors (Lipinski definition) is 1. The summed E-state index contributed by atoms with van der Waals surface area (Å²) in [5, 5.41) is 11.0. The van der Waals surface area contributed by atoms with E-state index in [-0.39, 0.29) is 17.6 Å². The summed E-state index contributed by atoms with van der Waals surface area (Å²) in [7, 11) is 0. The molecule has 5 heteroatoms. The highest BCUT2D eigenvalue weighted by atomic mass is 16.6. The third kappa shape index (κ3) is 17.8. The molecular formula is C52H78O5. The Morgan fingerprint density at radius 3 is 1.25 bits per heavy atom. The number of carbonyl (C=O) groups is 2. The molecule has 0 saturated heterocycles. The van der Waals surface area contributed by atoms with Gasteiger partial charge in [0.2, 0.25) is 0 Å². The molecule has 0 unspecified atom stereocenters. The quantitative estimate of drug-likeness (QED) is 0.0344. The summed E-state index contributed by atoms with van der Waals surface area (Å²) in [6.45, 7) is 14.5. The first-order valence-corrected chi connectivity index (χ1v) is 22.9. The van der Waals surface area contributed by atoms with Gasteiger partial charge in [-0.15, -0.1) is 0 Å². The lowest BCUT2D eigenvalue weighted by Gasteiger charge is -2.25. The van der Waals surface area contributed by atoms with Gasteiger partial charge in [-0.3, -0.25) is 9.59 Å². The molecule has 57 heavy (non-hydrogen) atoms. The molecule has 1 N–H and O–H groups in total. The van der Waals surface area contributed by atoms with E-state index in [1.807, 2.05) is 89.2 Å². The molecule has 0 aliphatic rings. The van der Waals surface area contributed by atoms with Crippen molar-refractivity contribution >= 4 is 11.9 Å². The number of esters is 2. The molecule has 5 nitrogen and oxygen atoms in total. The van der Waals surface area contributed by atoms with E-state index in [4.69, 9.17) is 9.47 Å². The third-order valence-corrected chi connectivity index (χ3v) is 11.7.